The van der Waals surface area contributed by atoms with Gasteiger partial charge in [-0.2, -0.15) is 0 Å². The first-order valence-corrected chi connectivity index (χ1v) is 4.22. The Hall–Kier alpha value is -1.48. The monoisotopic (exact) mass is 173 g/mol. The van der Waals surface area contributed by atoms with Gasteiger partial charge in [-0.3, -0.25) is 0 Å². The molecule has 0 aliphatic carbocycles. The molecule has 0 bridgehead atoms. The van der Waals surface area contributed by atoms with Gasteiger partial charge in [0.1, 0.15) is 5.82 Å². The molecule has 0 saturated carbocycles. The van der Waals surface area contributed by atoms with Gasteiger partial charge in [0.05, 0.1) is 5.52 Å². The van der Waals surface area contributed by atoms with Gasteiger partial charge in [-0.1, -0.05) is 18.2 Å². The van der Waals surface area contributed by atoms with Crippen molar-refractivity contribution in [2.24, 2.45) is 5.73 Å². The lowest BCUT2D eigenvalue weighted by Gasteiger charge is -2.02. The summed E-state index contributed by atoms with van der Waals surface area (Å²) in [5.74, 6) is 0.786. The van der Waals surface area contributed by atoms with Gasteiger partial charge in [0, 0.05) is 18.1 Å². The van der Waals surface area contributed by atoms with Crippen molar-refractivity contribution >= 4 is 10.9 Å². The number of rotatable bonds is 1. The lowest BCUT2D eigenvalue weighted by molar-refractivity contribution is 1.04. The van der Waals surface area contributed by atoms with Crippen molar-refractivity contribution in [3.63, 3.8) is 0 Å². The van der Waals surface area contributed by atoms with Crippen LogP contribution in [0.3, 0.4) is 0 Å². The molecular formula is C10H11N3. The van der Waals surface area contributed by atoms with Crippen LogP contribution in [-0.2, 0) is 6.54 Å². The Bertz CT molecular complexity index is 437. The van der Waals surface area contributed by atoms with E-state index < -0.39 is 0 Å². The predicted octanol–water partition coefficient (Wildman–Crippen LogP) is 1.40. The molecule has 66 valence electrons. The van der Waals surface area contributed by atoms with Gasteiger partial charge in [0.2, 0.25) is 0 Å². The van der Waals surface area contributed by atoms with E-state index in [-0.39, 0.29) is 0 Å². The van der Waals surface area contributed by atoms with Crippen LogP contribution in [0.15, 0.2) is 24.4 Å². The largest absolute Gasteiger partial charge is 0.326 e. The average molecular weight is 173 g/mol. The number of aryl methyl sites for hydroxylation is 1. The smallest absolute Gasteiger partial charge is 0.125 e. The molecule has 1 aromatic carbocycles. The fourth-order valence-electron chi connectivity index (χ4n) is 1.37. The number of benzene rings is 1. The third-order valence-electron chi connectivity index (χ3n) is 2.03. The van der Waals surface area contributed by atoms with E-state index in [0.29, 0.717) is 6.54 Å². The first-order chi connectivity index (χ1) is 6.31. The Labute approximate surface area is 76.6 Å². The molecule has 0 spiro atoms. The first-order valence-electron chi connectivity index (χ1n) is 4.22. The van der Waals surface area contributed by atoms with Crippen molar-refractivity contribution in [3.8, 4) is 0 Å². The van der Waals surface area contributed by atoms with E-state index in [1.54, 1.807) is 0 Å². The normalized spacial score (nSPS) is 10.6. The zero-order valence-corrected chi connectivity index (χ0v) is 7.49. The van der Waals surface area contributed by atoms with Gasteiger partial charge >= 0.3 is 0 Å². The Morgan fingerprint density at radius 3 is 3.00 bits per heavy atom. The molecule has 0 radical (unpaired) electrons. The number of para-hydroxylation sites is 1. The summed E-state index contributed by atoms with van der Waals surface area (Å²) in [5, 5.41) is 1.05. The van der Waals surface area contributed by atoms with Crippen LogP contribution >= 0.6 is 0 Å². The Balaban J connectivity index is 2.79. The highest BCUT2D eigenvalue weighted by atomic mass is 14.9. The van der Waals surface area contributed by atoms with Crippen molar-refractivity contribution in [1.29, 1.82) is 0 Å². The summed E-state index contributed by atoms with van der Waals surface area (Å²) in [7, 11) is 0. The van der Waals surface area contributed by atoms with E-state index in [1.165, 1.54) is 0 Å². The van der Waals surface area contributed by atoms with E-state index in [4.69, 9.17) is 5.73 Å². The quantitative estimate of drug-likeness (QED) is 0.709. The maximum atomic E-state index is 5.61. The maximum Gasteiger partial charge on any atom is 0.125 e. The second-order valence-electron chi connectivity index (χ2n) is 2.98. The minimum absolute atomic E-state index is 0.522. The van der Waals surface area contributed by atoms with E-state index in [1.807, 2.05) is 31.3 Å². The van der Waals surface area contributed by atoms with Crippen molar-refractivity contribution < 1.29 is 0 Å². The summed E-state index contributed by atoms with van der Waals surface area (Å²) in [6.07, 6.45) is 1.83. The number of fused-ring (bicyclic) bond motifs is 1. The summed E-state index contributed by atoms with van der Waals surface area (Å²) in [4.78, 5) is 8.49. The van der Waals surface area contributed by atoms with Gasteiger partial charge in [0.15, 0.2) is 0 Å². The molecular weight excluding hydrogens is 162 g/mol. The zero-order chi connectivity index (χ0) is 9.26. The summed E-state index contributed by atoms with van der Waals surface area (Å²) in [5.41, 5.74) is 7.65. The fourth-order valence-corrected chi connectivity index (χ4v) is 1.37. The molecule has 0 aliphatic heterocycles. The van der Waals surface area contributed by atoms with Gasteiger partial charge < -0.3 is 5.73 Å². The second kappa shape index (κ2) is 3.11. The van der Waals surface area contributed by atoms with E-state index in [0.717, 1.165) is 22.3 Å². The standard InChI is InChI=1S/C10H11N3/c1-7-12-6-9-4-2-3-8(5-11)10(9)13-7/h2-4,6H,5,11H2,1H3. The van der Waals surface area contributed by atoms with Crippen molar-refractivity contribution in [2.75, 3.05) is 0 Å². The van der Waals surface area contributed by atoms with Crippen LogP contribution in [0.1, 0.15) is 11.4 Å². The van der Waals surface area contributed by atoms with Gasteiger partial charge in [0.25, 0.3) is 0 Å². The van der Waals surface area contributed by atoms with Gasteiger partial charge in [-0.15, -0.1) is 0 Å². The molecule has 2 rings (SSSR count). The SMILES string of the molecule is Cc1ncc2cccc(CN)c2n1. The fraction of sp³-hybridized carbons (Fsp3) is 0.200. The molecule has 13 heavy (non-hydrogen) atoms. The highest BCUT2D eigenvalue weighted by Crippen LogP contribution is 2.14. The molecule has 2 aromatic rings. The molecule has 1 heterocycles. The zero-order valence-electron chi connectivity index (χ0n) is 7.49. The Kier molecular flexibility index (Phi) is 1.94. The molecule has 2 N–H and O–H groups in total. The van der Waals surface area contributed by atoms with Crippen molar-refractivity contribution in [3.05, 3.63) is 35.8 Å². The molecule has 3 heteroatoms. The van der Waals surface area contributed by atoms with Crippen molar-refractivity contribution in [1.82, 2.24) is 9.97 Å². The maximum absolute atomic E-state index is 5.61. The Morgan fingerprint density at radius 2 is 2.23 bits per heavy atom. The van der Waals surface area contributed by atoms with E-state index in [2.05, 4.69) is 9.97 Å². The molecule has 0 fully saturated rings. The second-order valence-corrected chi connectivity index (χ2v) is 2.98. The Morgan fingerprint density at radius 1 is 1.38 bits per heavy atom. The minimum Gasteiger partial charge on any atom is -0.326 e. The molecule has 0 amide bonds. The molecule has 0 saturated heterocycles. The number of nitrogens with two attached hydrogens (primary N) is 1. The summed E-state index contributed by atoms with van der Waals surface area (Å²) < 4.78 is 0. The van der Waals surface area contributed by atoms with Crippen LogP contribution in [-0.4, -0.2) is 9.97 Å². The number of hydrogen-bond donors (Lipinski definition) is 1. The highest BCUT2D eigenvalue weighted by molar-refractivity contribution is 5.80. The van der Waals surface area contributed by atoms with Crippen molar-refractivity contribution in [2.45, 2.75) is 13.5 Å². The van der Waals surface area contributed by atoms with Gasteiger partial charge in [-0.05, 0) is 12.5 Å². The number of hydrogen-bond acceptors (Lipinski definition) is 3. The van der Waals surface area contributed by atoms with Crippen LogP contribution < -0.4 is 5.73 Å². The third-order valence-corrected chi connectivity index (χ3v) is 2.03. The topological polar surface area (TPSA) is 51.8 Å². The number of aromatic nitrogens is 2. The first kappa shape index (κ1) is 8.13. The lowest BCUT2D eigenvalue weighted by Crippen LogP contribution is -1.99. The average Bonchev–Trinajstić information content (AvgIpc) is 2.17. The molecule has 0 aliphatic rings. The highest BCUT2D eigenvalue weighted by Gasteiger charge is 2.00. The number of nitrogens with zero attached hydrogens (tertiary/aromatic N) is 2. The molecule has 0 unspecified atom stereocenters. The van der Waals surface area contributed by atoms with E-state index >= 15 is 0 Å². The van der Waals surface area contributed by atoms with Gasteiger partial charge in [-0.25, -0.2) is 9.97 Å². The van der Waals surface area contributed by atoms with Crippen LogP contribution in [0.25, 0.3) is 10.9 Å². The molecule has 1 aromatic heterocycles. The third kappa shape index (κ3) is 1.38. The minimum atomic E-state index is 0.522. The summed E-state index contributed by atoms with van der Waals surface area (Å²) in [6, 6.07) is 5.96. The van der Waals surface area contributed by atoms with Crippen LogP contribution in [0, 0.1) is 6.92 Å². The van der Waals surface area contributed by atoms with E-state index in [9.17, 15) is 0 Å². The molecule has 0 atom stereocenters. The van der Waals surface area contributed by atoms with Crippen LogP contribution in [0.5, 0.6) is 0 Å². The summed E-state index contributed by atoms with van der Waals surface area (Å²) >= 11 is 0. The molecule has 3 nitrogen and oxygen atoms in total. The lowest BCUT2D eigenvalue weighted by atomic mass is 10.1. The summed E-state index contributed by atoms with van der Waals surface area (Å²) in [6.45, 7) is 2.40. The van der Waals surface area contributed by atoms with Crippen LogP contribution in [0.2, 0.25) is 0 Å². The predicted molar refractivity (Wildman–Crippen MR) is 52.2 cm³/mol. The van der Waals surface area contributed by atoms with Crippen LogP contribution in [0.4, 0.5) is 0 Å².